The van der Waals surface area contributed by atoms with Gasteiger partial charge in [-0.1, -0.05) is 0 Å². The van der Waals surface area contributed by atoms with Crippen molar-refractivity contribution in [1.82, 2.24) is 4.98 Å². The van der Waals surface area contributed by atoms with E-state index in [0.717, 1.165) is 26.1 Å². The van der Waals surface area contributed by atoms with Gasteiger partial charge in [-0.05, 0) is 12.8 Å². The minimum atomic E-state index is -0.898. The van der Waals surface area contributed by atoms with Crippen molar-refractivity contribution in [3.8, 4) is 0 Å². The lowest BCUT2D eigenvalue weighted by Crippen LogP contribution is -2.14. The largest absolute Gasteiger partial charge is 0.481 e. The van der Waals surface area contributed by atoms with Crippen LogP contribution in [0, 0.1) is 0 Å². The maximum Gasteiger partial charge on any atom is 0.311 e. The Morgan fingerprint density at radius 2 is 2.27 bits per heavy atom. The predicted octanol–water partition coefficient (Wildman–Crippen LogP) is 1.20. The minimum absolute atomic E-state index is 0.101. The van der Waals surface area contributed by atoms with Gasteiger partial charge in [0.25, 0.3) is 0 Å². The fourth-order valence-corrected chi connectivity index (χ4v) is 1.69. The fourth-order valence-electron chi connectivity index (χ4n) is 1.69. The number of carboxylic acids is 1. The Hall–Kier alpha value is -1.36. The predicted molar refractivity (Wildman–Crippen MR) is 50.6 cm³/mol. The highest BCUT2D eigenvalue weighted by atomic mass is 16.5. The van der Waals surface area contributed by atoms with E-state index in [1.165, 1.54) is 6.20 Å². The van der Waals surface area contributed by atoms with Crippen LogP contribution in [0.25, 0.3) is 0 Å². The van der Waals surface area contributed by atoms with Crippen molar-refractivity contribution in [3.63, 3.8) is 0 Å². The molecule has 2 heterocycles. The number of aliphatic carboxylic acids is 1. The van der Waals surface area contributed by atoms with Crippen molar-refractivity contribution in [3.05, 3.63) is 17.8 Å². The number of rotatable bonds is 3. The topological polar surface area (TPSA) is 72.6 Å². The summed E-state index contributed by atoms with van der Waals surface area (Å²) < 4.78 is 10.6. The Morgan fingerprint density at radius 3 is 2.93 bits per heavy atom. The van der Waals surface area contributed by atoms with Crippen LogP contribution >= 0.6 is 0 Å². The van der Waals surface area contributed by atoms with Gasteiger partial charge in [-0.25, -0.2) is 4.98 Å². The molecule has 0 atom stereocenters. The van der Waals surface area contributed by atoms with Crippen LogP contribution in [-0.4, -0.2) is 29.3 Å². The van der Waals surface area contributed by atoms with E-state index in [9.17, 15) is 4.79 Å². The summed E-state index contributed by atoms with van der Waals surface area (Å²) in [6.45, 7) is 1.45. The summed E-state index contributed by atoms with van der Waals surface area (Å²) in [5.41, 5.74) is 0. The van der Waals surface area contributed by atoms with Crippen LogP contribution in [0.3, 0.4) is 0 Å². The van der Waals surface area contributed by atoms with E-state index in [1.807, 2.05) is 0 Å². The molecule has 0 amide bonds. The molecule has 1 aromatic rings. The molecule has 1 aliphatic heterocycles. The first-order valence-electron chi connectivity index (χ1n) is 5.00. The van der Waals surface area contributed by atoms with Gasteiger partial charge in [-0.15, -0.1) is 0 Å². The Morgan fingerprint density at radius 1 is 1.53 bits per heavy atom. The monoisotopic (exact) mass is 211 g/mol. The van der Waals surface area contributed by atoms with Gasteiger partial charge in [-0.2, -0.15) is 0 Å². The Kier molecular flexibility index (Phi) is 3.01. The number of nitrogens with zero attached hydrogens (tertiary/aromatic N) is 1. The number of hydrogen-bond acceptors (Lipinski definition) is 4. The summed E-state index contributed by atoms with van der Waals surface area (Å²) in [4.78, 5) is 14.6. The number of carbonyl (C=O) groups is 1. The molecule has 0 spiro atoms. The first kappa shape index (κ1) is 10.2. The average molecular weight is 211 g/mol. The van der Waals surface area contributed by atoms with Crippen molar-refractivity contribution in [2.24, 2.45) is 0 Å². The molecule has 1 fully saturated rings. The molecular weight excluding hydrogens is 198 g/mol. The molecule has 0 aromatic carbocycles. The van der Waals surface area contributed by atoms with Crippen LogP contribution in [-0.2, 0) is 16.0 Å². The highest BCUT2D eigenvalue weighted by molar-refractivity contribution is 5.69. The van der Waals surface area contributed by atoms with Crippen molar-refractivity contribution in [2.45, 2.75) is 25.2 Å². The van der Waals surface area contributed by atoms with Crippen LogP contribution in [0.2, 0.25) is 0 Å². The molecule has 1 saturated heterocycles. The molecule has 5 heteroatoms. The number of hydrogen-bond donors (Lipinski definition) is 1. The number of ether oxygens (including phenoxy) is 1. The van der Waals surface area contributed by atoms with Crippen LogP contribution in [0.1, 0.15) is 30.4 Å². The summed E-state index contributed by atoms with van der Waals surface area (Å²) in [6, 6.07) is 0. The van der Waals surface area contributed by atoms with Gasteiger partial charge in [-0.3, -0.25) is 4.79 Å². The molecule has 5 nitrogen and oxygen atoms in total. The molecule has 2 rings (SSSR count). The third-order valence-electron chi connectivity index (χ3n) is 2.47. The van der Waals surface area contributed by atoms with Gasteiger partial charge in [0.05, 0.1) is 6.20 Å². The number of aromatic nitrogens is 1. The van der Waals surface area contributed by atoms with E-state index >= 15 is 0 Å². The summed E-state index contributed by atoms with van der Waals surface area (Å²) in [5, 5.41) is 8.58. The normalized spacial score (nSPS) is 17.9. The Balaban J connectivity index is 2.02. The van der Waals surface area contributed by atoms with E-state index in [-0.39, 0.29) is 12.3 Å². The van der Waals surface area contributed by atoms with Gasteiger partial charge in [0.2, 0.25) is 0 Å². The number of carboxylic acid groups (broad SMARTS) is 1. The molecule has 1 N–H and O–H groups in total. The van der Waals surface area contributed by atoms with Crippen LogP contribution in [0.4, 0.5) is 0 Å². The van der Waals surface area contributed by atoms with Crippen LogP contribution < -0.4 is 0 Å². The second-order valence-corrected chi connectivity index (χ2v) is 3.62. The maximum absolute atomic E-state index is 10.4. The standard InChI is InChI=1S/C10H13NO4/c12-9(13)5-8-6-11-10(15-8)7-1-3-14-4-2-7/h6-7H,1-5H2,(H,12,13). The molecule has 0 radical (unpaired) electrons. The molecule has 82 valence electrons. The van der Waals surface area contributed by atoms with Gasteiger partial charge >= 0.3 is 5.97 Å². The lowest BCUT2D eigenvalue weighted by atomic mass is 10.0. The molecule has 0 unspecified atom stereocenters. The zero-order valence-electron chi connectivity index (χ0n) is 8.31. The van der Waals surface area contributed by atoms with E-state index in [1.54, 1.807) is 0 Å². The summed E-state index contributed by atoms with van der Waals surface area (Å²) in [6.07, 6.45) is 3.19. The molecule has 1 aliphatic rings. The maximum atomic E-state index is 10.4. The summed E-state index contributed by atoms with van der Waals surface area (Å²) in [5.74, 6) is 0.449. The SMILES string of the molecule is O=C(O)Cc1cnc(C2CCOCC2)o1. The molecule has 0 aliphatic carbocycles. The quantitative estimate of drug-likeness (QED) is 0.813. The van der Waals surface area contributed by atoms with Crippen molar-refractivity contribution < 1.29 is 19.1 Å². The van der Waals surface area contributed by atoms with Gasteiger partial charge in [0.1, 0.15) is 12.2 Å². The van der Waals surface area contributed by atoms with Gasteiger partial charge in [0.15, 0.2) is 5.89 Å². The molecule has 15 heavy (non-hydrogen) atoms. The fraction of sp³-hybridized carbons (Fsp3) is 0.600. The van der Waals surface area contributed by atoms with Crippen LogP contribution in [0.5, 0.6) is 0 Å². The zero-order valence-corrected chi connectivity index (χ0v) is 8.31. The third-order valence-corrected chi connectivity index (χ3v) is 2.47. The van der Waals surface area contributed by atoms with Crippen molar-refractivity contribution >= 4 is 5.97 Å². The molecule has 0 saturated carbocycles. The first-order chi connectivity index (χ1) is 7.25. The second-order valence-electron chi connectivity index (χ2n) is 3.62. The highest BCUT2D eigenvalue weighted by Crippen LogP contribution is 2.26. The number of oxazole rings is 1. The smallest absolute Gasteiger partial charge is 0.311 e. The average Bonchev–Trinajstić information content (AvgIpc) is 2.67. The Bertz CT molecular complexity index is 341. The highest BCUT2D eigenvalue weighted by Gasteiger charge is 2.21. The second kappa shape index (κ2) is 4.44. The van der Waals surface area contributed by atoms with E-state index in [0.29, 0.717) is 11.7 Å². The van der Waals surface area contributed by atoms with E-state index in [4.69, 9.17) is 14.3 Å². The first-order valence-corrected chi connectivity index (χ1v) is 5.00. The summed E-state index contributed by atoms with van der Waals surface area (Å²) in [7, 11) is 0. The van der Waals surface area contributed by atoms with E-state index < -0.39 is 5.97 Å². The van der Waals surface area contributed by atoms with Crippen molar-refractivity contribution in [1.29, 1.82) is 0 Å². The van der Waals surface area contributed by atoms with Crippen molar-refractivity contribution in [2.75, 3.05) is 13.2 Å². The summed E-state index contributed by atoms with van der Waals surface area (Å²) >= 11 is 0. The lowest BCUT2D eigenvalue weighted by molar-refractivity contribution is -0.136. The lowest BCUT2D eigenvalue weighted by Gasteiger charge is -2.18. The van der Waals surface area contributed by atoms with Crippen LogP contribution in [0.15, 0.2) is 10.6 Å². The molecule has 0 bridgehead atoms. The molecular formula is C10H13NO4. The van der Waals surface area contributed by atoms with E-state index in [2.05, 4.69) is 4.98 Å². The minimum Gasteiger partial charge on any atom is -0.481 e. The third kappa shape index (κ3) is 2.56. The Labute approximate surface area is 87.1 Å². The van der Waals surface area contributed by atoms with Gasteiger partial charge < -0.3 is 14.3 Å². The molecule has 1 aromatic heterocycles. The van der Waals surface area contributed by atoms with Gasteiger partial charge in [0, 0.05) is 19.1 Å². The zero-order chi connectivity index (χ0) is 10.7.